The topological polar surface area (TPSA) is 38.2 Å². The summed E-state index contributed by atoms with van der Waals surface area (Å²) >= 11 is 6.06. The molecule has 0 amide bonds. The summed E-state index contributed by atoms with van der Waals surface area (Å²) in [6.07, 6.45) is 3.57. The number of nitrogens with zero attached hydrogens (tertiary/aromatic N) is 3. The van der Waals surface area contributed by atoms with Crippen LogP contribution in [-0.4, -0.2) is 23.6 Å². The Kier molecular flexibility index (Phi) is 4.99. The van der Waals surface area contributed by atoms with Gasteiger partial charge in [-0.25, -0.2) is 9.97 Å². The van der Waals surface area contributed by atoms with Crippen molar-refractivity contribution in [1.82, 2.24) is 9.97 Å². The number of aromatic nitrogens is 2. The monoisotopic (exact) mass is 379 g/mol. The smallest absolute Gasteiger partial charge is 0.224 e. The van der Waals surface area contributed by atoms with Crippen molar-refractivity contribution >= 4 is 17.4 Å². The van der Waals surface area contributed by atoms with Crippen molar-refractivity contribution < 1.29 is 4.74 Å². The van der Waals surface area contributed by atoms with E-state index >= 15 is 0 Å². The van der Waals surface area contributed by atoms with Gasteiger partial charge >= 0.3 is 0 Å². The predicted molar refractivity (Wildman–Crippen MR) is 109 cm³/mol. The van der Waals surface area contributed by atoms with E-state index in [9.17, 15) is 0 Å². The van der Waals surface area contributed by atoms with Crippen LogP contribution in [0, 0.1) is 6.92 Å². The molecule has 0 spiro atoms. The maximum atomic E-state index is 6.06. The highest BCUT2D eigenvalue weighted by Gasteiger charge is 2.29. The van der Waals surface area contributed by atoms with Gasteiger partial charge in [-0.1, -0.05) is 35.9 Å². The molecule has 0 fully saturated rings. The van der Waals surface area contributed by atoms with Gasteiger partial charge in [0.15, 0.2) is 0 Å². The third kappa shape index (κ3) is 3.76. The lowest BCUT2D eigenvalue weighted by Crippen LogP contribution is -2.37. The van der Waals surface area contributed by atoms with Gasteiger partial charge in [-0.2, -0.15) is 0 Å². The highest BCUT2D eigenvalue weighted by Crippen LogP contribution is 2.37. The van der Waals surface area contributed by atoms with Crippen LogP contribution in [0.25, 0.3) is 0 Å². The molecule has 5 heteroatoms. The molecule has 0 radical (unpaired) electrons. The van der Waals surface area contributed by atoms with Gasteiger partial charge in [0.05, 0.1) is 13.2 Å². The maximum Gasteiger partial charge on any atom is 0.224 e. The summed E-state index contributed by atoms with van der Waals surface area (Å²) in [6.45, 7) is 2.99. The number of hydrogen-bond acceptors (Lipinski definition) is 4. The molecule has 3 aromatic rings. The zero-order chi connectivity index (χ0) is 18.8. The molecular weight excluding hydrogens is 358 g/mol. The normalized spacial score (nSPS) is 16.1. The molecule has 1 aliphatic heterocycles. The van der Waals surface area contributed by atoms with Gasteiger partial charge in [0.2, 0.25) is 5.28 Å². The Morgan fingerprint density at radius 1 is 1.15 bits per heavy atom. The first-order valence-electron chi connectivity index (χ1n) is 9.11. The minimum absolute atomic E-state index is 0.188. The molecule has 1 unspecified atom stereocenters. The van der Waals surface area contributed by atoms with E-state index in [1.807, 2.05) is 12.1 Å². The molecule has 4 nitrogen and oxygen atoms in total. The molecule has 0 bridgehead atoms. The van der Waals surface area contributed by atoms with Crippen LogP contribution in [0.4, 0.5) is 5.82 Å². The van der Waals surface area contributed by atoms with Crippen LogP contribution in [0.3, 0.4) is 0 Å². The number of benzene rings is 2. The fourth-order valence-electron chi connectivity index (χ4n) is 3.74. The quantitative estimate of drug-likeness (QED) is 0.610. The number of halogens is 1. The largest absolute Gasteiger partial charge is 0.497 e. The van der Waals surface area contributed by atoms with Crippen LogP contribution in [0.2, 0.25) is 5.28 Å². The van der Waals surface area contributed by atoms with Crippen molar-refractivity contribution in [3.05, 3.63) is 82.3 Å². The second kappa shape index (κ2) is 7.57. The van der Waals surface area contributed by atoms with Gasteiger partial charge in [0.1, 0.15) is 11.6 Å². The Morgan fingerprint density at radius 3 is 2.70 bits per heavy atom. The van der Waals surface area contributed by atoms with Crippen molar-refractivity contribution in [3.63, 3.8) is 0 Å². The summed E-state index contributed by atoms with van der Waals surface area (Å²) in [4.78, 5) is 10.8. The van der Waals surface area contributed by atoms with Gasteiger partial charge in [-0.05, 0) is 66.3 Å². The van der Waals surface area contributed by atoms with Crippen molar-refractivity contribution in [2.45, 2.75) is 25.8 Å². The minimum atomic E-state index is 0.188. The molecule has 4 rings (SSSR count). The first kappa shape index (κ1) is 17.8. The number of aryl methyl sites for hydroxylation is 1. The summed E-state index contributed by atoms with van der Waals surface area (Å²) in [5, 5.41) is 0.280. The number of ether oxygens (including phenoxy) is 1. The third-order valence-electron chi connectivity index (χ3n) is 5.16. The zero-order valence-corrected chi connectivity index (χ0v) is 16.3. The maximum absolute atomic E-state index is 6.06. The third-order valence-corrected chi connectivity index (χ3v) is 5.34. The first-order valence-corrected chi connectivity index (χ1v) is 9.49. The Hall–Kier alpha value is -2.59. The molecule has 0 N–H and O–H groups in total. The molecule has 2 aromatic carbocycles. The Morgan fingerprint density at radius 2 is 1.96 bits per heavy atom. The fourth-order valence-corrected chi connectivity index (χ4v) is 3.89. The number of rotatable bonds is 4. The fraction of sp³-hybridized carbons (Fsp3) is 0.273. The number of hydrogen-bond donors (Lipinski definition) is 0. The molecule has 0 saturated heterocycles. The summed E-state index contributed by atoms with van der Waals surface area (Å²) in [5.74, 6) is 1.77. The van der Waals surface area contributed by atoms with Gasteiger partial charge in [-0.3, -0.25) is 0 Å². The van der Waals surface area contributed by atoms with Crippen LogP contribution < -0.4 is 9.64 Å². The molecule has 0 saturated carbocycles. The molecule has 0 aliphatic carbocycles. The summed E-state index contributed by atoms with van der Waals surface area (Å²) < 4.78 is 5.42. The van der Waals surface area contributed by atoms with Crippen LogP contribution in [0.1, 0.15) is 28.3 Å². The molecule has 1 aromatic heterocycles. The number of fused-ring (bicyclic) bond motifs is 1. The standard InChI is InChI=1S/C22H22ClN3O/c1-15-3-5-16(6-4-15)13-20-19-8-7-18(27-2)14-17(19)10-12-26(20)21-9-11-24-22(23)25-21/h3-9,11,14,20H,10,12-13H2,1-2H3. The van der Waals surface area contributed by atoms with E-state index in [1.54, 1.807) is 13.3 Å². The SMILES string of the molecule is COc1ccc2c(c1)CCN(c1ccnc(Cl)n1)C2Cc1ccc(C)cc1. The molecule has 2 heterocycles. The van der Waals surface area contributed by atoms with Gasteiger partial charge in [0, 0.05) is 12.7 Å². The van der Waals surface area contributed by atoms with Crippen molar-refractivity contribution in [3.8, 4) is 5.75 Å². The van der Waals surface area contributed by atoms with E-state index in [-0.39, 0.29) is 11.3 Å². The van der Waals surface area contributed by atoms with Crippen molar-refractivity contribution in [2.24, 2.45) is 0 Å². The number of methoxy groups -OCH3 is 1. The summed E-state index contributed by atoms with van der Waals surface area (Å²) in [6, 6.07) is 17.2. The van der Waals surface area contributed by atoms with Gasteiger partial charge < -0.3 is 9.64 Å². The zero-order valence-electron chi connectivity index (χ0n) is 15.5. The first-order chi connectivity index (χ1) is 13.1. The average Bonchev–Trinajstić information content (AvgIpc) is 2.69. The minimum Gasteiger partial charge on any atom is -0.497 e. The highest BCUT2D eigenvalue weighted by molar-refractivity contribution is 6.28. The Labute approximate surface area is 164 Å². The van der Waals surface area contributed by atoms with Crippen LogP contribution in [0.5, 0.6) is 5.75 Å². The lowest BCUT2D eigenvalue weighted by molar-refractivity contribution is 0.413. The van der Waals surface area contributed by atoms with E-state index in [1.165, 1.54) is 22.3 Å². The highest BCUT2D eigenvalue weighted by atomic mass is 35.5. The molecule has 1 atom stereocenters. The van der Waals surface area contributed by atoms with E-state index < -0.39 is 0 Å². The predicted octanol–water partition coefficient (Wildman–Crippen LogP) is 4.79. The van der Waals surface area contributed by atoms with Crippen LogP contribution >= 0.6 is 11.6 Å². The van der Waals surface area contributed by atoms with E-state index in [0.29, 0.717) is 0 Å². The lowest BCUT2D eigenvalue weighted by Gasteiger charge is -2.38. The Bertz CT molecular complexity index is 943. The Balaban J connectivity index is 1.75. The van der Waals surface area contributed by atoms with E-state index in [0.717, 1.165) is 31.0 Å². The van der Waals surface area contributed by atoms with Gasteiger partial charge in [0.25, 0.3) is 0 Å². The lowest BCUT2D eigenvalue weighted by atomic mass is 9.88. The molecular formula is C22H22ClN3O. The van der Waals surface area contributed by atoms with Crippen LogP contribution in [-0.2, 0) is 12.8 Å². The second-order valence-corrected chi connectivity index (χ2v) is 7.24. The van der Waals surface area contributed by atoms with Gasteiger partial charge in [-0.15, -0.1) is 0 Å². The van der Waals surface area contributed by atoms with E-state index in [4.69, 9.17) is 16.3 Å². The van der Waals surface area contributed by atoms with Crippen molar-refractivity contribution in [2.75, 3.05) is 18.6 Å². The number of anilines is 1. The summed E-state index contributed by atoms with van der Waals surface area (Å²) in [7, 11) is 1.71. The molecule has 1 aliphatic rings. The summed E-state index contributed by atoms with van der Waals surface area (Å²) in [5.41, 5.74) is 5.23. The molecule has 27 heavy (non-hydrogen) atoms. The van der Waals surface area contributed by atoms with E-state index in [2.05, 4.69) is 58.2 Å². The van der Waals surface area contributed by atoms with Crippen molar-refractivity contribution in [1.29, 1.82) is 0 Å². The second-order valence-electron chi connectivity index (χ2n) is 6.90. The molecule has 138 valence electrons. The average molecular weight is 380 g/mol. The van der Waals surface area contributed by atoms with Crippen LogP contribution in [0.15, 0.2) is 54.7 Å².